The molecule has 2 aromatic rings. The third kappa shape index (κ3) is 3.49. The van der Waals surface area contributed by atoms with Gasteiger partial charge in [-0.3, -0.25) is 4.79 Å². The van der Waals surface area contributed by atoms with Gasteiger partial charge < -0.3 is 4.74 Å². The number of benzene rings is 2. The van der Waals surface area contributed by atoms with Gasteiger partial charge in [-0.25, -0.2) is 0 Å². The summed E-state index contributed by atoms with van der Waals surface area (Å²) in [4.78, 5) is 11.6. The van der Waals surface area contributed by atoms with Gasteiger partial charge in [0.1, 0.15) is 11.5 Å². The highest BCUT2D eigenvalue weighted by molar-refractivity contribution is 6.34. The van der Waals surface area contributed by atoms with E-state index in [2.05, 4.69) is 0 Å². The molecule has 0 aliphatic carbocycles. The highest BCUT2D eigenvalue weighted by atomic mass is 35.5. The van der Waals surface area contributed by atoms with Crippen LogP contribution in [0.2, 0.25) is 10.0 Å². The van der Waals surface area contributed by atoms with E-state index in [1.165, 1.54) is 0 Å². The Bertz CT molecular complexity index is 609. The van der Waals surface area contributed by atoms with Crippen LogP contribution in [0.25, 0.3) is 0 Å². The molecular weight excluding hydrogens is 283 g/mol. The van der Waals surface area contributed by atoms with E-state index in [0.717, 1.165) is 0 Å². The molecule has 0 amide bonds. The zero-order valence-corrected chi connectivity index (χ0v) is 11.8. The zero-order valence-electron chi connectivity index (χ0n) is 10.3. The SMILES string of the molecule is CCC(=O)c1cccc(Oc2cc(Cl)ccc2Cl)c1. The molecule has 0 heterocycles. The van der Waals surface area contributed by atoms with Crippen molar-refractivity contribution in [2.75, 3.05) is 0 Å². The smallest absolute Gasteiger partial charge is 0.162 e. The summed E-state index contributed by atoms with van der Waals surface area (Å²) in [6, 6.07) is 12.0. The van der Waals surface area contributed by atoms with Crippen molar-refractivity contribution in [3.05, 3.63) is 58.1 Å². The van der Waals surface area contributed by atoms with Crippen molar-refractivity contribution in [3.8, 4) is 11.5 Å². The highest BCUT2D eigenvalue weighted by Gasteiger charge is 2.07. The molecule has 0 N–H and O–H groups in total. The van der Waals surface area contributed by atoms with Gasteiger partial charge in [-0.05, 0) is 24.3 Å². The standard InChI is InChI=1S/C15H12Cl2O2/c1-2-14(18)10-4-3-5-12(8-10)19-15-9-11(16)6-7-13(15)17/h3-9H,2H2,1H3. The first-order chi connectivity index (χ1) is 9.10. The minimum absolute atomic E-state index is 0.0719. The first kappa shape index (κ1) is 13.9. The third-order valence-corrected chi connectivity index (χ3v) is 3.15. The number of halogens is 2. The van der Waals surface area contributed by atoms with E-state index < -0.39 is 0 Å². The van der Waals surface area contributed by atoms with Crippen molar-refractivity contribution in [2.45, 2.75) is 13.3 Å². The maximum Gasteiger partial charge on any atom is 0.162 e. The minimum atomic E-state index is 0.0719. The molecule has 0 atom stereocenters. The monoisotopic (exact) mass is 294 g/mol. The van der Waals surface area contributed by atoms with E-state index in [4.69, 9.17) is 27.9 Å². The molecule has 0 aliphatic heterocycles. The summed E-state index contributed by atoms with van der Waals surface area (Å²) in [5, 5.41) is 1.01. The van der Waals surface area contributed by atoms with Gasteiger partial charge in [-0.1, -0.05) is 42.3 Å². The lowest BCUT2D eigenvalue weighted by Gasteiger charge is -2.09. The minimum Gasteiger partial charge on any atom is -0.456 e. The number of carbonyl (C=O) groups is 1. The second-order valence-electron chi connectivity index (χ2n) is 3.98. The third-order valence-electron chi connectivity index (χ3n) is 2.60. The molecule has 2 rings (SSSR count). The van der Waals surface area contributed by atoms with Crippen molar-refractivity contribution in [2.24, 2.45) is 0 Å². The van der Waals surface area contributed by atoms with Gasteiger partial charge in [0.2, 0.25) is 0 Å². The Morgan fingerprint density at radius 1 is 1.16 bits per heavy atom. The molecule has 4 heteroatoms. The normalized spacial score (nSPS) is 10.3. The second-order valence-corrected chi connectivity index (χ2v) is 4.83. The topological polar surface area (TPSA) is 26.3 Å². The molecule has 0 aliphatic rings. The molecule has 0 spiro atoms. The van der Waals surface area contributed by atoms with Crippen LogP contribution in [0, 0.1) is 0 Å². The van der Waals surface area contributed by atoms with E-state index in [1.807, 2.05) is 6.92 Å². The van der Waals surface area contributed by atoms with Gasteiger partial charge in [0.25, 0.3) is 0 Å². The lowest BCUT2D eigenvalue weighted by atomic mass is 10.1. The van der Waals surface area contributed by atoms with E-state index >= 15 is 0 Å². The maximum atomic E-state index is 11.6. The first-order valence-electron chi connectivity index (χ1n) is 5.86. The largest absolute Gasteiger partial charge is 0.456 e. The van der Waals surface area contributed by atoms with Crippen molar-refractivity contribution >= 4 is 29.0 Å². The van der Waals surface area contributed by atoms with E-state index in [1.54, 1.807) is 42.5 Å². The summed E-state index contributed by atoms with van der Waals surface area (Å²) in [5.41, 5.74) is 0.623. The Morgan fingerprint density at radius 3 is 2.68 bits per heavy atom. The molecular formula is C15H12Cl2O2. The fraction of sp³-hybridized carbons (Fsp3) is 0.133. The number of carbonyl (C=O) groups excluding carboxylic acids is 1. The lowest BCUT2D eigenvalue weighted by molar-refractivity contribution is 0.0988. The summed E-state index contributed by atoms with van der Waals surface area (Å²) >= 11 is 11.9. The van der Waals surface area contributed by atoms with Gasteiger partial charge in [0, 0.05) is 23.1 Å². The van der Waals surface area contributed by atoms with Gasteiger partial charge in [-0.2, -0.15) is 0 Å². The molecule has 0 aromatic heterocycles. The summed E-state index contributed by atoms with van der Waals surface area (Å²) < 4.78 is 5.66. The van der Waals surface area contributed by atoms with E-state index in [0.29, 0.717) is 33.5 Å². The molecule has 0 saturated carbocycles. The summed E-state index contributed by atoms with van der Waals surface area (Å²) in [6.45, 7) is 1.82. The summed E-state index contributed by atoms with van der Waals surface area (Å²) in [7, 11) is 0. The van der Waals surface area contributed by atoms with Crippen LogP contribution in [-0.2, 0) is 0 Å². The number of ketones is 1. The number of hydrogen-bond acceptors (Lipinski definition) is 2. The zero-order chi connectivity index (χ0) is 13.8. The summed E-state index contributed by atoms with van der Waals surface area (Å²) in [5.74, 6) is 1.10. The molecule has 0 fully saturated rings. The molecule has 98 valence electrons. The quantitative estimate of drug-likeness (QED) is 0.708. The fourth-order valence-electron chi connectivity index (χ4n) is 1.62. The van der Waals surface area contributed by atoms with Gasteiger partial charge >= 0.3 is 0 Å². The number of rotatable bonds is 4. The number of hydrogen-bond donors (Lipinski definition) is 0. The Labute approximate surface area is 121 Å². The molecule has 0 unspecified atom stereocenters. The van der Waals surface area contributed by atoms with Crippen LogP contribution in [0.4, 0.5) is 0 Å². The van der Waals surface area contributed by atoms with Crippen molar-refractivity contribution in [3.63, 3.8) is 0 Å². The van der Waals surface area contributed by atoms with Gasteiger partial charge in [0.15, 0.2) is 5.78 Å². The van der Waals surface area contributed by atoms with Crippen LogP contribution in [0.15, 0.2) is 42.5 Å². The molecule has 2 nitrogen and oxygen atoms in total. The van der Waals surface area contributed by atoms with E-state index in [-0.39, 0.29) is 5.78 Å². The van der Waals surface area contributed by atoms with Crippen molar-refractivity contribution < 1.29 is 9.53 Å². The fourth-order valence-corrected chi connectivity index (χ4v) is 1.94. The Morgan fingerprint density at radius 2 is 1.95 bits per heavy atom. The molecule has 0 saturated heterocycles. The van der Waals surface area contributed by atoms with Crippen molar-refractivity contribution in [1.29, 1.82) is 0 Å². The van der Waals surface area contributed by atoms with Crippen LogP contribution in [-0.4, -0.2) is 5.78 Å². The molecule has 0 radical (unpaired) electrons. The average Bonchev–Trinajstić information content (AvgIpc) is 2.42. The Kier molecular flexibility index (Phi) is 4.46. The van der Waals surface area contributed by atoms with Crippen LogP contribution in [0.5, 0.6) is 11.5 Å². The summed E-state index contributed by atoms with van der Waals surface area (Å²) in [6.07, 6.45) is 0.460. The molecule has 19 heavy (non-hydrogen) atoms. The van der Waals surface area contributed by atoms with Crippen LogP contribution in [0.3, 0.4) is 0 Å². The maximum absolute atomic E-state index is 11.6. The van der Waals surface area contributed by atoms with E-state index in [9.17, 15) is 4.79 Å². The van der Waals surface area contributed by atoms with Crippen LogP contribution in [0.1, 0.15) is 23.7 Å². The molecule has 0 bridgehead atoms. The predicted molar refractivity (Wildman–Crippen MR) is 77.6 cm³/mol. The number of ether oxygens (including phenoxy) is 1. The lowest BCUT2D eigenvalue weighted by Crippen LogP contribution is -1.96. The highest BCUT2D eigenvalue weighted by Crippen LogP contribution is 2.32. The van der Waals surface area contributed by atoms with Crippen LogP contribution < -0.4 is 4.74 Å². The van der Waals surface area contributed by atoms with Gasteiger partial charge in [0.05, 0.1) is 5.02 Å². The molecule has 2 aromatic carbocycles. The van der Waals surface area contributed by atoms with Crippen LogP contribution >= 0.6 is 23.2 Å². The average molecular weight is 295 g/mol. The Balaban J connectivity index is 2.28. The number of Topliss-reactive ketones (excluding diaryl/α,β-unsaturated/α-hetero) is 1. The van der Waals surface area contributed by atoms with Gasteiger partial charge in [-0.15, -0.1) is 0 Å². The Hall–Kier alpha value is -1.51. The first-order valence-corrected chi connectivity index (χ1v) is 6.62. The predicted octanol–water partition coefficient (Wildman–Crippen LogP) is 5.38. The van der Waals surface area contributed by atoms with Crippen molar-refractivity contribution in [1.82, 2.24) is 0 Å². The second kappa shape index (κ2) is 6.09.